The van der Waals surface area contributed by atoms with Gasteiger partial charge in [-0.1, -0.05) is 0 Å². The molecule has 0 aliphatic heterocycles. The second-order valence-electron chi connectivity index (χ2n) is 3.78. The van der Waals surface area contributed by atoms with Crippen LogP contribution in [0.15, 0.2) is 22.8 Å². The first-order chi connectivity index (χ1) is 7.99. The van der Waals surface area contributed by atoms with Crippen LogP contribution in [0.3, 0.4) is 0 Å². The van der Waals surface area contributed by atoms with Crippen LogP contribution in [-0.4, -0.2) is 10.9 Å². The van der Waals surface area contributed by atoms with Crippen LogP contribution < -0.4 is 5.32 Å². The minimum absolute atomic E-state index is 0.166. The van der Waals surface area contributed by atoms with Crippen LogP contribution in [0.25, 0.3) is 10.9 Å². The van der Waals surface area contributed by atoms with Crippen molar-refractivity contribution < 1.29 is 9.18 Å². The van der Waals surface area contributed by atoms with Gasteiger partial charge in [0.15, 0.2) is 0 Å². The van der Waals surface area contributed by atoms with Gasteiger partial charge in [0, 0.05) is 24.6 Å². The molecule has 0 fully saturated rings. The number of anilines is 1. The van der Waals surface area contributed by atoms with E-state index < -0.39 is 0 Å². The summed E-state index contributed by atoms with van der Waals surface area (Å²) < 4.78 is 13.7. The molecule has 1 N–H and O–H groups in total. The number of carbonyl (C=O) groups excluding carboxylic acids is 1. The molecule has 1 aromatic carbocycles. The molecule has 1 heterocycles. The van der Waals surface area contributed by atoms with Crippen molar-refractivity contribution in [2.75, 3.05) is 5.32 Å². The van der Waals surface area contributed by atoms with E-state index in [4.69, 9.17) is 0 Å². The van der Waals surface area contributed by atoms with E-state index in [0.29, 0.717) is 21.1 Å². The summed E-state index contributed by atoms with van der Waals surface area (Å²) in [5.74, 6) is -0.538. The zero-order valence-electron chi connectivity index (χ0n) is 9.34. The number of amides is 1. The third-order valence-electron chi connectivity index (χ3n) is 2.40. The molecule has 17 heavy (non-hydrogen) atoms. The maximum Gasteiger partial charge on any atom is 0.221 e. The van der Waals surface area contributed by atoms with Crippen molar-refractivity contribution in [1.82, 2.24) is 4.98 Å². The summed E-state index contributed by atoms with van der Waals surface area (Å²) in [6, 6.07) is 2.96. The van der Waals surface area contributed by atoms with Crippen molar-refractivity contribution in [2.24, 2.45) is 0 Å². The van der Waals surface area contributed by atoms with Crippen molar-refractivity contribution in [1.29, 1.82) is 0 Å². The SMILES string of the molecule is CC(=O)Nc1c(C)cnc2cc(F)c(Br)cc12. The Labute approximate surface area is 106 Å². The van der Waals surface area contributed by atoms with Gasteiger partial charge in [-0.25, -0.2) is 4.39 Å². The van der Waals surface area contributed by atoms with Gasteiger partial charge < -0.3 is 5.32 Å². The Morgan fingerprint density at radius 2 is 2.18 bits per heavy atom. The molecule has 3 nitrogen and oxygen atoms in total. The summed E-state index contributed by atoms with van der Waals surface area (Å²) in [4.78, 5) is 15.3. The molecule has 0 aliphatic carbocycles. The highest BCUT2D eigenvalue weighted by molar-refractivity contribution is 9.10. The number of nitrogens with zero attached hydrogens (tertiary/aromatic N) is 1. The number of benzene rings is 1. The van der Waals surface area contributed by atoms with Gasteiger partial charge >= 0.3 is 0 Å². The average molecular weight is 297 g/mol. The molecule has 0 saturated carbocycles. The van der Waals surface area contributed by atoms with Crippen molar-refractivity contribution in [3.8, 4) is 0 Å². The second-order valence-corrected chi connectivity index (χ2v) is 4.64. The number of aryl methyl sites for hydroxylation is 1. The van der Waals surface area contributed by atoms with Crippen molar-refractivity contribution >= 4 is 38.4 Å². The van der Waals surface area contributed by atoms with E-state index in [2.05, 4.69) is 26.2 Å². The normalized spacial score (nSPS) is 10.6. The Bertz CT molecular complexity index is 613. The molecular weight excluding hydrogens is 287 g/mol. The highest BCUT2D eigenvalue weighted by Crippen LogP contribution is 2.29. The van der Waals surface area contributed by atoms with Crippen molar-refractivity contribution in [3.05, 3.63) is 34.2 Å². The van der Waals surface area contributed by atoms with Crippen LogP contribution in [0.1, 0.15) is 12.5 Å². The molecule has 0 bridgehead atoms. The summed E-state index contributed by atoms with van der Waals surface area (Å²) in [5.41, 5.74) is 2.02. The van der Waals surface area contributed by atoms with Crippen molar-refractivity contribution in [2.45, 2.75) is 13.8 Å². The smallest absolute Gasteiger partial charge is 0.221 e. The topological polar surface area (TPSA) is 42.0 Å². The summed E-state index contributed by atoms with van der Waals surface area (Å²) in [7, 11) is 0. The summed E-state index contributed by atoms with van der Waals surface area (Å²) in [5, 5.41) is 3.46. The van der Waals surface area contributed by atoms with Crippen molar-refractivity contribution in [3.63, 3.8) is 0 Å². The molecule has 88 valence electrons. The fourth-order valence-corrected chi connectivity index (χ4v) is 1.97. The Hall–Kier alpha value is -1.49. The summed E-state index contributed by atoms with van der Waals surface area (Å²) >= 11 is 3.13. The van der Waals surface area contributed by atoms with Gasteiger partial charge in [-0.2, -0.15) is 0 Å². The Balaban J connectivity index is 2.75. The monoisotopic (exact) mass is 296 g/mol. The van der Waals surface area contributed by atoms with Crippen LogP contribution in [0, 0.1) is 12.7 Å². The van der Waals surface area contributed by atoms with Gasteiger partial charge in [-0.15, -0.1) is 0 Å². The Morgan fingerprint density at radius 3 is 2.82 bits per heavy atom. The minimum atomic E-state index is -0.373. The van der Waals surface area contributed by atoms with Crippen LogP contribution in [0.4, 0.5) is 10.1 Å². The number of aromatic nitrogens is 1. The van der Waals surface area contributed by atoms with E-state index in [-0.39, 0.29) is 11.7 Å². The van der Waals surface area contributed by atoms with Crippen LogP contribution >= 0.6 is 15.9 Å². The zero-order chi connectivity index (χ0) is 12.6. The lowest BCUT2D eigenvalue weighted by Gasteiger charge is -2.10. The van der Waals surface area contributed by atoms with Crippen LogP contribution in [-0.2, 0) is 4.79 Å². The molecule has 0 radical (unpaired) electrons. The Morgan fingerprint density at radius 1 is 1.47 bits per heavy atom. The minimum Gasteiger partial charge on any atom is -0.325 e. The molecule has 5 heteroatoms. The fourth-order valence-electron chi connectivity index (χ4n) is 1.63. The quantitative estimate of drug-likeness (QED) is 0.876. The first-order valence-corrected chi connectivity index (χ1v) is 5.80. The fraction of sp³-hybridized carbons (Fsp3) is 0.167. The molecule has 2 aromatic rings. The van der Waals surface area contributed by atoms with E-state index in [0.717, 1.165) is 5.56 Å². The van der Waals surface area contributed by atoms with E-state index >= 15 is 0 Å². The summed E-state index contributed by atoms with van der Waals surface area (Å²) in [6.07, 6.45) is 1.61. The Kier molecular flexibility index (Phi) is 3.11. The predicted octanol–water partition coefficient (Wildman–Crippen LogP) is 3.40. The molecule has 0 aliphatic rings. The number of pyridine rings is 1. The number of hydrogen-bond acceptors (Lipinski definition) is 2. The third kappa shape index (κ3) is 2.29. The van der Waals surface area contributed by atoms with Gasteiger partial charge in [0.1, 0.15) is 5.82 Å². The molecule has 1 aromatic heterocycles. The summed E-state index contributed by atoms with van der Waals surface area (Å²) in [6.45, 7) is 3.28. The van der Waals surface area contributed by atoms with E-state index in [9.17, 15) is 9.18 Å². The average Bonchev–Trinajstić information content (AvgIpc) is 2.25. The molecule has 0 spiro atoms. The molecule has 2 rings (SSSR count). The van der Waals surface area contributed by atoms with Gasteiger partial charge in [0.2, 0.25) is 5.91 Å². The van der Waals surface area contributed by atoms with Gasteiger partial charge in [-0.05, 0) is 34.5 Å². The molecule has 0 saturated heterocycles. The van der Waals surface area contributed by atoms with Crippen LogP contribution in [0.5, 0.6) is 0 Å². The number of carbonyl (C=O) groups is 1. The molecule has 0 atom stereocenters. The number of hydrogen-bond donors (Lipinski definition) is 1. The maximum absolute atomic E-state index is 13.4. The highest BCUT2D eigenvalue weighted by Gasteiger charge is 2.10. The lowest BCUT2D eigenvalue weighted by Crippen LogP contribution is -2.08. The zero-order valence-corrected chi connectivity index (χ0v) is 10.9. The molecular formula is C12H10BrFN2O. The molecule has 1 amide bonds. The lowest BCUT2D eigenvalue weighted by molar-refractivity contribution is -0.114. The third-order valence-corrected chi connectivity index (χ3v) is 3.01. The number of nitrogens with one attached hydrogen (secondary N) is 1. The number of halogens is 2. The van der Waals surface area contributed by atoms with Crippen LogP contribution in [0.2, 0.25) is 0 Å². The first-order valence-electron chi connectivity index (χ1n) is 5.01. The van der Waals surface area contributed by atoms with E-state index in [1.165, 1.54) is 13.0 Å². The predicted molar refractivity (Wildman–Crippen MR) is 68.4 cm³/mol. The number of fused-ring (bicyclic) bond motifs is 1. The first kappa shape index (κ1) is 12.0. The largest absolute Gasteiger partial charge is 0.325 e. The van der Waals surface area contributed by atoms with Gasteiger partial charge in [0.05, 0.1) is 15.7 Å². The molecule has 0 unspecified atom stereocenters. The standard InChI is InChI=1S/C12H10BrFN2O/c1-6-5-15-11-4-10(14)9(13)3-8(11)12(6)16-7(2)17/h3-5H,1-2H3,(H,15,16,17). The maximum atomic E-state index is 13.4. The van der Waals surface area contributed by atoms with E-state index in [1.807, 2.05) is 6.92 Å². The lowest BCUT2D eigenvalue weighted by atomic mass is 10.1. The van der Waals surface area contributed by atoms with Gasteiger partial charge in [0.25, 0.3) is 0 Å². The highest BCUT2D eigenvalue weighted by atomic mass is 79.9. The second kappa shape index (κ2) is 4.41. The van der Waals surface area contributed by atoms with Gasteiger partial charge in [-0.3, -0.25) is 9.78 Å². The van der Waals surface area contributed by atoms with E-state index in [1.54, 1.807) is 12.3 Å². The number of rotatable bonds is 1.